The standard InChI is InChI=1S/C49H28N2S2/c1-50-42-29-35(34-21-24-47-40(27-34)36-15-8-9-18-46(36)52-47)28-41-37-16-10-17-45(49(37)53-48(41)42)51-43-22-19-32(30-11-4-2-5-12-30)25-38(43)39-26-33(20-23-44(39)51)31-13-6-3-7-14-31/h2-29H. The first-order chi connectivity index (χ1) is 26.2. The van der Waals surface area contributed by atoms with Crippen LogP contribution in [-0.2, 0) is 0 Å². The number of fused-ring (bicyclic) bond motifs is 9. The molecule has 246 valence electrons. The second kappa shape index (κ2) is 11.8. The van der Waals surface area contributed by atoms with E-state index in [4.69, 9.17) is 6.57 Å². The van der Waals surface area contributed by atoms with Crippen LogP contribution in [0.25, 0.3) is 106 Å². The van der Waals surface area contributed by atoms with Gasteiger partial charge in [0.15, 0.2) is 0 Å². The van der Waals surface area contributed by atoms with E-state index in [1.165, 1.54) is 63.3 Å². The van der Waals surface area contributed by atoms with E-state index in [1.807, 2.05) is 11.3 Å². The average molecular weight is 709 g/mol. The van der Waals surface area contributed by atoms with Crippen molar-refractivity contribution in [3.63, 3.8) is 0 Å². The number of benzene rings is 8. The second-order valence-corrected chi connectivity index (χ2v) is 15.7. The van der Waals surface area contributed by atoms with Crippen molar-refractivity contribution < 1.29 is 0 Å². The van der Waals surface area contributed by atoms with Gasteiger partial charge in [0.05, 0.1) is 28.0 Å². The molecular formula is C49H28N2S2. The van der Waals surface area contributed by atoms with E-state index in [-0.39, 0.29) is 0 Å². The maximum atomic E-state index is 8.29. The van der Waals surface area contributed by atoms with Gasteiger partial charge in [-0.2, -0.15) is 0 Å². The maximum Gasteiger partial charge on any atom is 0.205 e. The van der Waals surface area contributed by atoms with E-state index in [0.717, 1.165) is 37.9 Å². The minimum Gasteiger partial charge on any atom is -0.308 e. The first-order valence-corrected chi connectivity index (χ1v) is 19.3. The predicted molar refractivity (Wildman–Crippen MR) is 229 cm³/mol. The summed E-state index contributed by atoms with van der Waals surface area (Å²) in [6, 6.07) is 61.4. The molecular weight excluding hydrogens is 681 g/mol. The summed E-state index contributed by atoms with van der Waals surface area (Å²) in [6.45, 7) is 8.29. The Labute approximate surface area is 313 Å². The molecule has 0 spiro atoms. The van der Waals surface area contributed by atoms with Crippen molar-refractivity contribution in [2.24, 2.45) is 0 Å². The summed E-state index contributed by atoms with van der Waals surface area (Å²) in [5.41, 5.74) is 11.2. The summed E-state index contributed by atoms with van der Waals surface area (Å²) in [5, 5.41) is 7.29. The molecule has 3 heterocycles. The fraction of sp³-hybridized carbons (Fsp3) is 0. The third-order valence-electron chi connectivity index (χ3n) is 10.6. The van der Waals surface area contributed by atoms with E-state index in [1.54, 1.807) is 11.3 Å². The Bertz CT molecular complexity index is 3190. The molecule has 2 nitrogen and oxygen atoms in total. The number of thiophene rings is 2. The van der Waals surface area contributed by atoms with Gasteiger partial charge >= 0.3 is 0 Å². The first-order valence-electron chi connectivity index (χ1n) is 17.7. The van der Waals surface area contributed by atoms with Gasteiger partial charge < -0.3 is 4.57 Å². The van der Waals surface area contributed by atoms with Crippen LogP contribution in [0.5, 0.6) is 0 Å². The van der Waals surface area contributed by atoms with Crippen LogP contribution in [0, 0.1) is 6.57 Å². The van der Waals surface area contributed by atoms with Crippen LogP contribution in [0.4, 0.5) is 5.69 Å². The molecule has 0 aliphatic carbocycles. The fourth-order valence-electron chi connectivity index (χ4n) is 8.10. The Morgan fingerprint density at radius 1 is 0.377 bits per heavy atom. The highest BCUT2D eigenvalue weighted by Crippen LogP contribution is 2.47. The number of aromatic nitrogens is 1. The Kier molecular flexibility index (Phi) is 6.69. The Morgan fingerprint density at radius 2 is 0.943 bits per heavy atom. The number of nitrogens with zero attached hydrogens (tertiary/aromatic N) is 2. The summed E-state index contributed by atoms with van der Waals surface area (Å²) >= 11 is 3.56. The maximum absolute atomic E-state index is 8.29. The first kappa shape index (κ1) is 30.1. The lowest BCUT2D eigenvalue weighted by Crippen LogP contribution is -1.94. The lowest BCUT2D eigenvalue weighted by molar-refractivity contribution is 1.20. The molecule has 11 rings (SSSR count). The summed E-state index contributed by atoms with van der Waals surface area (Å²) < 4.78 is 7.23. The van der Waals surface area contributed by atoms with Gasteiger partial charge in [0.2, 0.25) is 5.69 Å². The van der Waals surface area contributed by atoms with Gasteiger partial charge in [-0.1, -0.05) is 109 Å². The lowest BCUT2D eigenvalue weighted by atomic mass is 10.00. The molecule has 0 fully saturated rings. The summed E-state index contributed by atoms with van der Waals surface area (Å²) in [6.07, 6.45) is 0. The quantitative estimate of drug-likeness (QED) is 0.161. The van der Waals surface area contributed by atoms with E-state index in [9.17, 15) is 0 Å². The Morgan fingerprint density at radius 3 is 1.64 bits per heavy atom. The van der Waals surface area contributed by atoms with E-state index >= 15 is 0 Å². The minimum absolute atomic E-state index is 0.696. The highest BCUT2D eigenvalue weighted by Gasteiger charge is 2.20. The van der Waals surface area contributed by atoms with Crippen LogP contribution in [0.15, 0.2) is 170 Å². The van der Waals surface area contributed by atoms with E-state index < -0.39 is 0 Å². The predicted octanol–water partition coefficient (Wildman–Crippen LogP) is 15.1. The molecule has 0 amide bonds. The Balaban J connectivity index is 1.15. The molecule has 11 aromatic rings. The largest absolute Gasteiger partial charge is 0.308 e. The van der Waals surface area contributed by atoms with Crippen LogP contribution >= 0.6 is 22.7 Å². The molecule has 0 saturated heterocycles. The molecule has 4 heteroatoms. The molecule has 0 atom stereocenters. The van der Waals surface area contributed by atoms with Crippen LogP contribution in [-0.4, -0.2) is 4.57 Å². The van der Waals surface area contributed by atoms with Crippen LogP contribution in [0.1, 0.15) is 0 Å². The van der Waals surface area contributed by atoms with Gasteiger partial charge in [0.1, 0.15) is 0 Å². The van der Waals surface area contributed by atoms with Gasteiger partial charge in [-0.15, -0.1) is 22.7 Å². The van der Waals surface area contributed by atoms with Gasteiger partial charge in [-0.25, -0.2) is 4.85 Å². The van der Waals surface area contributed by atoms with Gasteiger partial charge in [-0.05, 0) is 99.4 Å². The topological polar surface area (TPSA) is 9.29 Å². The summed E-state index contributed by atoms with van der Waals surface area (Å²) in [4.78, 5) is 4.11. The highest BCUT2D eigenvalue weighted by molar-refractivity contribution is 7.27. The van der Waals surface area contributed by atoms with E-state index in [0.29, 0.717) is 5.69 Å². The molecule has 8 aromatic carbocycles. The smallest absolute Gasteiger partial charge is 0.205 e. The normalized spacial score (nSPS) is 11.8. The summed E-state index contributed by atoms with van der Waals surface area (Å²) in [7, 11) is 0. The molecule has 0 saturated carbocycles. The van der Waals surface area contributed by atoms with Crippen molar-refractivity contribution in [2.75, 3.05) is 0 Å². The number of hydrogen-bond acceptors (Lipinski definition) is 2. The summed E-state index contributed by atoms with van der Waals surface area (Å²) in [5.74, 6) is 0. The minimum atomic E-state index is 0.696. The SMILES string of the molecule is [C-]#[N+]c1cc(-c2ccc3sc4ccccc4c3c2)cc2c1sc1c(-n3c4ccc(-c5ccccc5)cc4c4cc(-c5ccccc5)ccc43)cccc12. The van der Waals surface area contributed by atoms with Crippen LogP contribution < -0.4 is 0 Å². The van der Waals surface area contributed by atoms with Crippen LogP contribution in [0.2, 0.25) is 0 Å². The van der Waals surface area contributed by atoms with E-state index in [2.05, 4.69) is 179 Å². The van der Waals surface area contributed by atoms with Crippen molar-refractivity contribution in [1.82, 2.24) is 4.57 Å². The zero-order chi connectivity index (χ0) is 35.0. The highest BCUT2D eigenvalue weighted by atomic mass is 32.1. The van der Waals surface area contributed by atoms with Crippen LogP contribution in [0.3, 0.4) is 0 Å². The average Bonchev–Trinajstić information content (AvgIpc) is 3.90. The molecule has 0 N–H and O–H groups in total. The Hall–Kier alpha value is -6.51. The third kappa shape index (κ3) is 4.69. The monoisotopic (exact) mass is 708 g/mol. The molecule has 3 aromatic heterocycles. The molecule has 0 radical (unpaired) electrons. The van der Waals surface area contributed by atoms with Crippen molar-refractivity contribution in [3.05, 3.63) is 181 Å². The van der Waals surface area contributed by atoms with Crippen molar-refractivity contribution in [3.8, 4) is 39.1 Å². The number of rotatable bonds is 4. The lowest BCUT2D eigenvalue weighted by Gasteiger charge is -2.10. The molecule has 0 bridgehead atoms. The van der Waals surface area contributed by atoms with Gasteiger partial charge in [-0.3, -0.25) is 0 Å². The zero-order valence-electron chi connectivity index (χ0n) is 28.4. The number of hydrogen-bond donors (Lipinski definition) is 0. The van der Waals surface area contributed by atoms with Gasteiger partial charge in [0.25, 0.3) is 0 Å². The third-order valence-corrected chi connectivity index (χ3v) is 13.0. The molecule has 53 heavy (non-hydrogen) atoms. The molecule has 0 aliphatic rings. The van der Waals surface area contributed by atoms with Crippen molar-refractivity contribution >= 4 is 90.5 Å². The second-order valence-electron chi connectivity index (χ2n) is 13.6. The molecule has 0 unspecified atom stereocenters. The van der Waals surface area contributed by atoms with Crippen molar-refractivity contribution in [2.45, 2.75) is 0 Å². The van der Waals surface area contributed by atoms with Crippen molar-refractivity contribution in [1.29, 1.82) is 0 Å². The zero-order valence-corrected chi connectivity index (χ0v) is 30.0. The fourth-order valence-corrected chi connectivity index (χ4v) is 10.4. The molecule has 0 aliphatic heterocycles. The van der Waals surface area contributed by atoms with Gasteiger partial charge in [0, 0.05) is 41.0 Å².